The van der Waals surface area contributed by atoms with Gasteiger partial charge in [0.15, 0.2) is 0 Å². The number of nitrogens with two attached hydrogens (primary N) is 1. The normalized spacial score (nSPS) is 25.3. The average Bonchev–Trinajstić information content (AvgIpc) is 2.24. The SMILES string of the molecule is NCC1(O)CCCCCCCCCC1. The minimum Gasteiger partial charge on any atom is -0.389 e. The first-order valence-electron chi connectivity index (χ1n) is 6.19. The fourth-order valence-corrected chi connectivity index (χ4v) is 2.30. The van der Waals surface area contributed by atoms with Crippen LogP contribution in [-0.4, -0.2) is 17.3 Å². The first-order valence-corrected chi connectivity index (χ1v) is 6.19. The van der Waals surface area contributed by atoms with Crippen LogP contribution in [0.4, 0.5) is 0 Å². The van der Waals surface area contributed by atoms with Crippen LogP contribution in [0.3, 0.4) is 0 Å². The molecule has 0 radical (unpaired) electrons. The Labute approximate surface area is 87.9 Å². The molecule has 0 atom stereocenters. The van der Waals surface area contributed by atoms with Crippen LogP contribution in [0.1, 0.15) is 64.2 Å². The number of rotatable bonds is 1. The molecular weight excluding hydrogens is 174 g/mol. The molecule has 1 fully saturated rings. The van der Waals surface area contributed by atoms with Gasteiger partial charge in [-0.05, 0) is 12.8 Å². The van der Waals surface area contributed by atoms with Crippen LogP contribution < -0.4 is 5.73 Å². The van der Waals surface area contributed by atoms with Crippen molar-refractivity contribution in [1.29, 1.82) is 0 Å². The van der Waals surface area contributed by atoms with Gasteiger partial charge in [0.25, 0.3) is 0 Å². The fourth-order valence-electron chi connectivity index (χ4n) is 2.30. The standard InChI is InChI=1S/C12H25NO/c13-11-12(14)9-7-5-3-1-2-4-6-8-10-12/h14H,1-11,13H2. The lowest BCUT2D eigenvalue weighted by atomic mass is 9.91. The fraction of sp³-hybridized carbons (Fsp3) is 1.00. The van der Waals surface area contributed by atoms with E-state index in [1.54, 1.807) is 0 Å². The molecule has 1 aliphatic carbocycles. The van der Waals surface area contributed by atoms with E-state index in [0.717, 1.165) is 25.7 Å². The van der Waals surface area contributed by atoms with Crippen molar-refractivity contribution in [1.82, 2.24) is 0 Å². The first kappa shape index (κ1) is 12.0. The topological polar surface area (TPSA) is 46.2 Å². The van der Waals surface area contributed by atoms with Gasteiger partial charge in [0.1, 0.15) is 0 Å². The molecule has 0 aromatic carbocycles. The highest BCUT2D eigenvalue weighted by Crippen LogP contribution is 2.23. The quantitative estimate of drug-likeness (QED) is 0.682. The second-order valence-corrected chi connectivity index (χ2v) is 4.76. The summed E-state index contributed by atoms with van der Waals surface area (Å²) in [7, 11) is 0. The van der Waals surface area contributed by atoms with Crippen molar-refractivity contribution < 1.29 is 5.11 Å². The Morgan fingerprint density at radius 1 is 0.786 bits per heavy atom. The van der Waals surface area contributed by atoms with Crippen LogP contribution in [0.5, 0.6) is 0 Å². The first-order chi connectivity index (χ1) is 6.77. The number of hydrogen-bond donors (Lipinski definition) is 2. The highest BCUT2D eigenvalue weighted by molar-refractivity contribution is 4.79. The molecule has 1 aliphatic rings. The Kier molecular flexibility index (Phi) is 5.49. The number of hydrogen-bond acceptors (Lipinski definition) is 2. The maximum Gasteiger partial charge on any atom is 0.0769 e. The lowest BCUT2D eigenvalue weighted by Crippen LogP contribution is -2.37. The molecule has 14 heavy (non-hydrogen) atoms. The molecular formula is C12H25NO. The maximum absolute atomic E-state index is 10.2. The molecule has 0 heterocycles. The zero-order valence-electron chi connectivity index (χ0n) is 9.30. The Balaban J connectivity index is 2.35. The molecule has 2 nitrogen and oxygen atoms in total. The molecule has 0 aliphatic heterocycles. The molecule has 1 saturated carbocycles. The summed E-state index contributed by atoms with van der Waals surface area (Å²) in [6, 6.07) is 0. The zero-order valence-corrected chi connectivity index (χ0v) is 9.30. The van der Waals surface area contributed by atoms with E-state index in [4.69, 9.17) is 5.73 Å². The summed E-state index contributed by atoms with van der Waals surface area (Å²) in [5, 5.41) is 10.2. The van der Waals surface area contributed by atoms with Crippen molar-refractivity contribution in [2.45, 2.75) is 69.8 Å². The van der Waals surface area contributed by atoms with Crippen molar-refractivity contribution in [2.75, 3.05) is 6.54 Å². The smallest absolute Gasteiger partial charge is 0.0769 e. The van der Waals surface area contributed by atoms with Crippen LogP contribution in [0.25, 0.3) is 0 Å². The van der Waals surface area contributed by atoms with Gasteiger partial charge >= 0.3 is 0 Å². The second kappa shape index (κ2) is 6.41. The van der Waals surface area contributed by atoms with Crippen LogP contribution in [0.2, 0.25) is 0 Å². The second-order valence-electron chi connectivity index (χ2n) is 4.76. The molecule has 84 valence electrons. The van der Waals surface area contributed by atoms with Crippen LogP contribution in [0, 0.1) is 0 Å². The molecule has 1 rings (SSSR count). The molecule has 0 aromatic rings. The highest BCUT2D eigenvalue weighted by atomic mass is 16.3. The number of aliphatic hydroxyl groups is 1. The van der Waals surface area contributed by atoms with E-state index in [1.807, 2.05) is 0 Å². The Hall–Kier alpha value is -0.0800. The minimum absolute atomic E-state index is 0.438. The van der Waals surface area contributed by atoms with E-state index in [2.05, 4.69) is 0 Å². The van der Waals surface area contributed by atoms with E-state index >= 15 is 0 Å². The van der Waals surface area contributed by atoms with Crippen molar-refractivity contribution in [2.24, 2.45) is 5.73 Å². The monoisotopic (exact) mass is 199 g/mol. The summed E-state index contributed by atoms with van der Waals surface area (Å²) < 4.78 is 0. The van der Waals surface area contributed by atoms with E-state index in [-0.39, 0.29) is 0 Å². The van der Waals surface area contributed by atoms with Crippen LogP contribution >= 0.6 is 0 Å². The minimum atomic E-state index is -0.551. The van der Waals surface area contributed by atoms with Crippen LogP contribution in [-0.2, 0) is 0 Å². The molecule has 3 N–H and O–H groups in total. The summed E-state index contributed by atoms with van der Waals surface area (Å²) in [6.45, 7) is 0.438. The lowest BCUT2D eigenvalue weighted by molar-refractivity contribution is 0.0269. The van der Waals surface area contributed by atoms with E-state index in [1.165, 1.54) is 38.5 Å². The largest absolute Gasteiger partial charge is 0.389 e. The summed E-state index contributed by atoms with van der Waals surface area (Å²) in [5.41, 5.74) is 5.09. The van der Waals surface area contributed by atoms with Gasteiger partial charge in [-0.25, -0.2) is 0 Å². The summed E-state index contributed by atoms with van der Waals surface area (Å²) in [5.74, 6) is 0. The summed E-state index contributed by atoms with van der Waals surface area (Å²) in [4.78, 5) is 0. The zero-order chi connectivity index (χ0) is 10.3. The Morgan fingerprint density at radius 3 is 1.50 bits per heavy atom. The molecule has 0 unspecified atom stereocenters. The highest BCUT2D eigenvalue weighted by Gasteiger charge is 2.23. The maximum atomic E-state index is 10.2. The third-order valence-electron chi connectivity index (χ3n) is 3.41. The summed E-state index contributed by atoms with van der Waals surface area (Å²) in [6.07, 6.45) is 12.1. The average molecular weight is 199 g/mol. The third-order valence-corrected chi connectivity index (χ3v) is 3.41. The third kappa shape index (κ3) is 4.43. The van der Waals surface area contributed by atoms with E-state index in [0.29, 0.717) is 6.54 Å². The van der Waals surface area contributed by atoms with Gasteiger partial charge in [-0.1, -0.05) is 51.4 Å². The van der Waals surface area contributed by atoms with Crippen molar-refractivity contribution in [3.05, 3.63) is 0 Å². The molecule has 0 spiro atoms. The van der Waals surface area contributed by atoms with Crippen molar-refractivity contribution in [3.8, 4) is 0 Å². The Morgan fingerprint density at radius 2 is 1.14 bits per heavy atom. The molecule has 0 aromatic heterocycles. The van der Waals surface area contributed by atoms with Crippen molar-refractivity contribution >= 4 is 0 Å². The van der Waals surface area contributed by atoms with E-state index < -0.39 is 5.60 Å². The molecule has 0 saturated heterocycles. The van der Waals surface area contributed by atoms with Gasteiger partial charge in [-0.3, -0.25) is 0 Å². The molecule has 2 heteroatoms. The van der Waals surface area contributed by atoms with Gasteiger partial charge in [0.05, 0.1) is 5.60 Å². The Bertz CT molecular complexity index is 135. The van der Waals surface area contributed by atoms with Crippen LogP contribution in [0.15, 0.2) is 0 Å². The summed E-state index contributed by atoms with van der Waals surface area (Å²) >= 11 is 0. The predicted octanol–water partition coefficient (Wildman–Crippen LogP) is 2.59. The van der Waals surface area contributed by atoms with Gasteiger partial charge in [0, 0.05) is 6.54 Å². The molecule has 0 amide bonds. The van der Waals surface area contributed by atoms with Crippen molar-refractivity contribution in [3.63, 3.8) is 0 Å². The van der Waals surface area contributed by atoms with Gasteiger partial charge in [0.2, 0.25) is 0 Å². The van der Waals surface area contributed by atoms with Gasteiger partial charge in [-0.2, -0.15) is 0 Å². The predicted molar refractivity (Wildman–Crippen MR) is 60.2 cm³/mol. The lowest BCUT2D eigenvalue weighted by Gasteiger charge is -2.26. The van der Waals surface area contributed by atoms with Gasteiger partial charge < -0.3 is 10.8 Å². The van der Waals surface area contributed by atoms with Gasteiger partial charge in [-0.15, -0.1) is 0 Å². The molecule has 0 bridgehead atoms. The van der Waals surface area contributed by atoms with E-state index in [9.17, 15) is 5.11 Å².